The maximum atomic E-state index is 13.6. The Morgan fingerprint density at radius 1 is 0.839 bits per heavy atom. The molecule has 0 aromatic heterocycles. The monoisotopic (exact) mass is 430 g/mol. The van der Waals surface area contributed by atoms with E-state index in [1.165, 1.54) is 16.7 Å². The van der Waals surface area contributed by atoms with Crippen molar-refractivity contribution < 1.29 is 14.3 Å². The van der Waals surface area contributed by atoms with Crippen LogP contribution in [0.2, 0.25) is 0 Å². The number of hydrogen-bond acceptors (Lipinski definition) is 5. The van der Waals surface area contributed by atoms with Gasteiger partial charge in [-0.15, -0.1) is 0 Å². The van der Waals surface area contributed by atoms with Gasteiger partial charge in [0.05, 0.1) is 12.8 Å². The molecule has 0 N–H and O–H groups in total. The molecular weight excluding hydrogens is 408 g/mol. The fourth-order valence-electron chi connectivity index (χ4n) is 3.48. The van der Waals surface area contributed by atoms with Crippen molar-refractivity contribution in [1.82, 2.24) is 0 Å². The molecule has 5 nitrogen and oxygen atoms in total. The molecule has 1 aliphatic heterocycles. The van der Waals surface area contributed by atoms with Crippen LogP contribution in [0.5, 0.6) is 5.75 Å². The molecule has 4 rings (SSSR count). The highest BCUT2D eigenvalue weighted by Gasteiger charge is 2.42. The summed E-state index contributed by atoms with van der Waals surface area (Å²) in [5.74, 6) is 0.00193. The van der Waals surface area contributed by atoms with Gasteiger partial charge < -0.3 is 9.64 Å². The number of carbonyl (C=O) groups excluding carboxylic acids is 2. The average Bonchev–Trinajstić information content (AvgIpc) is 3.05. The van der Waals surface area contributed by atoms with E-state index in [2.05, 4.69) is 0 Å². The zero-order chi connectivity index (χ0) is 21.8. The van der Waals surface area contributed by atoms with Crippen molar-refractivity contribution in [3.05, 3.63) is 95.5 Å². The number of carbonyl (C=O) groups is 2. The second-order valence-corrected chi connectivity index (χ2v) is 7.90. The van der Waals surface area contributed by atoms with E-state index in [-0.39, 0.29) is 11.8 Å². The van der Waals surface area contributed by atoms with Crippen LogP contribution in [0.1, 0.15) is 6.92 Å². The van der Waals surface area contributed by atoms with Gasteiger partial charge in [-0.1, -0.05) is 48.2 Å². The van der Waals surface area contributed by atoms with Gasteiger partial charge in [-0.2, -0.15) is 0 Å². The Kier molecular flexibility index (Phi) is 6.09. The van der Waals surface area contributed by atoms with E-state index in [9.17, 15) is 9.59 Å². The van der Waals surface area contributed by atoms with Gasteiger partial charge in [0.1, 0.15) is 16.4 Å². The smallest absolute Gasteiger partial charge is 0.283 e. The molecule has 0 fully saturated rings. The highest BCUT2D eigenvalue weighted by molar-refractivity contribution is 8.04. The van der Waals surface area contributed by atoms with Crippen molar-refractivity contribution in [2.24, 2.45) is 0 Å². The van der Waals surface area contributed by atoms with Crippen molar-refractivity contribution in [3.8, 4) is 5.75 Å². The van der Waals surface area contributed by atoms with Gasteiger partial charge in [0.15, 0.2) is 0 Å². The fourth-order valence-corrected chi connectivity index (χ4v) is 4.48. The van der Waals surface area contributed by atoms with Crippen LogP contribution in [0.15, 0.2) is 100 Å². The Balaban J connectivity index is 1.80. The lowest BCUT2D eigenvalue weighted by molar-refractivity contribution is -0.120. The van der Waals surface area contributed by atoms with Crippen LogP contribution < -0.4 is 14.5 Å². The number of methoxy groups -OCH3 is 1. The van der Waals surface area contributed by atoms with E-state index >= 15 is 0 Å². The van der Waals surface area contributed by atoms with Gasteiger partial charge in [0.25, 0.3) is 11.8 Å². The molecule has 0 saturated carbocycles. The lowest BCUT2D eigenvalue weighted by Gasteiger charge is -2.24. The zero-order valence-corrected chi connectivity index (χ0v) is 18.1. The van der Waals surface area contributed by atoms with Gasteiger partial charge in [-0.25, -0.2) is 4.90 Å². The third-order valence-corrected chi connectivity index (χ3v) is 6.05. The second kappa shape index (κ2) is 9.10. The Hall–Kier alpha value is -3.51. The predicted octanol–water partition coefficient (Wildman–Crippen LogP) is 5.10. The highest BCUT2D eigenvalue weighted by Crippen LogP contribution is 2.40. The summed E-state index contributed by atoms with van der Waals surface area (Å²) in [6, 6.07) is 26.2. The molecule has 156 valence electrons. The molecule has 0 aliphatic carbocycles. The molecule has 2 amide bonds. The standard InChI is InChI=1S/C25H22N2O3S/c1-3-26(18-10-6-4-7-11-18)22-23(31-21-12-8-5-9-13-21)25(29)27(24(22)28)19-14-16-20(30-2)17-15-19/h4-17H,3H2,1-2H3. The summed E-state index contributed by atoms with van der Waals surface area (Å²) >= 11 is 1.32. The van der Waals surface area contributed by atoms with Crippen LogP contribution in [0.25, 0.3) is 0 Å². The normalized spacial score (nSPS) is 13.7. The summed E-state index contributed by atoms with van der Waals surface area (Å²) in [7, 11) is 1.58. The summed E-state index contributed by atoms with van der Waals surface area (Å²) in [4.78, 5) is 31.6. The molecule has 0 unspecified atom stereocenters. The van der Waals surface area contributed by atoms with Crippen LogP contribution >= 0.6 is 11.8 Å². The maximum Gasteiger partial charge on any atom is 0.283 e. The Bertz CT molecular complexity index is 1110. The number of imide groups is 1. The first-order valence-electron chi connectivity index (χ1n) is 9.96. The number of thioether (sulfide) groups is 1. The lowest BCUT2D eigenvalue weighted by Crippen LogP contribution is -2.35. The summed E-state index contributed by atoms with van der Waals surface area (Å²) < 4.78 is 5.21. The van der Waals surface area contributed by atoms with Gasteiger partial charge >= 0.3 is 0 Å². The molecule has 0 spiro atoms. The quantitative estimate of drug-likeness (QED) is 0.488. The first kappa shape index (κ1) is 20.8. The second-order valence-electron chi connectivity index (χ2n) is 6.82. The summed E-state index contributed by atoms with van der Waals surface area (Å²) in [6.45, 7) is 2.52. The molecule has 1 heterocycles. The van der Waals surface area contributed by atoms with Gasteiger partial charge in [0.2, 0.25) is 0 Å². The predicted molar refractivity (Wildman–Crippen MR) is 124 cm³/mol. The SMILES string of the molecule is CCN(C1=C(Sc2ccccc2)C(=O)N(c2ccc(OC)cc2)C1=O)c1ccccc1. The van der Waals surface area contributed by atoms with E-state index in [0.29, 0.717) is 28.6 Å². The number of amides is 2. The third kappa shape index (κ3) is 4.07. The maximum absolute atomic E-state index is 13.6. The number of rotatable bonds is 7. The van der Waals surface area contributed by atoms with Crippen LogP contribution in [0.4, 0.5) is 11.4 Å². The van der Waals surface area contributed by atoms with Crippen LogP contribution in [0.3, 0.4) is 0 Å². The molecule has 31 heavy (non-hydrogen) atoms. The van der Waals surface area contributed by atoms with Gasteiger partial charge in [-0.3, -0.25) is 9.59 Å². The molecule has 0 atom stereocenters. The Labute approximate surface area is 185 Å². The molecular formula is C25H22N2O3S. The van der Waals surface area contributed by atoms with E-state index in [4.69, 9.17) is 4.74 Å². The van der Waals surface area contributed by atoms with Crippen molar-refractivity contribution in [2.45, 2.75) is 11.8 Å². The number of benzene rings is 3. The molecule has 3 aromatic rings. The number of likely N-dealkylation sites (N-methyl/N-ethyl adjacent to an activating group) is 1. The summed E-state index contributed by atoms with van der Waals surface area (Å²) in [6.07, 6.45) is 0. The van der Waals surface area contributed by atoms with Gasteiger partial charge in [0, 0.05) is 17.1 Å². The van der Waals surface area contributed by atoms with Crippen LogP contribution in [0, 0.1) is 0 Å². The minimum atomic E-state index is -0.334. The van der Waals surface area contributed by atoms with E-state index in [0.717, 1.165) is 10.6 Å². The van der Waals surface area contributed by atoms with E-state index in [1.807, 2.05) is 72.5 Å². The number of ether oxygens (including phenoxy) is 1. The number of hydrogen-bond donors (Lipinski definition) is 0. The van der Waals surface area contributed by atoms with Crippen LogP contribution in [-0.2, 0) is 9.59 Å². The van der Waals surface area contributed by atoms with Crippen molar-refractivity contribution in [3.63, 3.8) is 0 Å². The number of para-hydroxylation sites is 1. The zero-order valence-electron chi connectivity index (χ0n) is 17.3. The number of nitrogens with zero attached hydrogens (tertiary/aromatic N) is 2. The Morgan fingerprint density at radius 3 is 2.03 bits per heavy atom. The molecule has 3 aromatic carbocycles. The molecule has 0 radical (unpaired) electrons. The summed E-state index contributed by atoms with van der Waals surface area (Å²) in [5, 5.41) is 0. The fraction of sp³-hybridized carbons (Fsp3) is 0.120. The van der Waals surface area contributed by atoms with Crippen molar-refractivity contribution in [2.75, 3.05) is 23.5 Å². The number of anilines is 2. The largest absolute Gasteiger partial charge is 0.497 e. The van der Waals surface area contributed by atoms with E-state index < -0.39 is 0 Å². The minimum Gasteiger partial charge on any atom is -0.497 e. The summed E-state index contributed by atoms with van der Waals surface area (Å²) in [5.41, 5.74) is 1.77. The first-order chi connectivity index (χ1) is 15.1. The Morgan fingerprint density at radius 2 is 1.45 bits per heavy atom. The van der Waals surface area contributed by atoms with Crippen molar-refractivity contribution in [1.29, 1.82) is 0 Å². The van der Waals surface area contributed by atoms with Gasteiger partial charge in [-0.05, 0) is 55.5 Å². The molecule has 1 aliphatic rings. The average molecular weight is 431 g/mol. The minimum absolute atomic E-state index is 0.326. The topological polar surface area (TPSA) is 49.9 Å². The first-order valence-corrected chi connectivity index (χ1v) is 10.8. The molecule has 0 bridgehead atoms. The molecule has 6 heteroatoms. The molecule has 0 saturated heterocycles. The third-order valence-electron chi connectivity index (χ3n) is 4.97. The van der Waals surface area contributed by atoms with Crippen molar-refractivity contribution >= 4 is 35.0 Å². The highest BCUT2D eigenvalue weighted by atomic mass is 32.2. The van der Waals surface area contributed by atoms with Crippen LogP contribution in [-0.4, -0.2) is 25.5 Å². The lowest BCUT2D eigenvalue weighted by atomic mass is 10.2. The van der Waals surface area contributed by atoms with E-state index in [1.54, 1.807) is 31.4 Å².